The highest BCUT2D eigenvalue weighted by atomic mass is 16.3. The molecule has 3 heteroatoms. The van der Waals surface area contributed by atoms with Gasteiger partial charge in [-0.3, -0.25) is 4.79 Å². The first-order chi connectivity index (χ1) is 11.2. The van der Waals surface area contributed by atoms with E-state index in [0.717, 1.165) is 37.7 Å². The molecule has 0 bridgehead atoms. The zero-order chi connectivity index (χ0) is 16.5. The van der Waals surface area contributed by atoms with Crippen molar-refractivity contribution in [2.24, 2.45) is 11.8 Å². The maximum atomic E-state index is 12.2. The predicted octanol–water partition coefficient (Wildman–Crippen LogP) is 3.29. The first-order valence-corrected chi connectivity index (χ1v) is 8.74. The van der Waals surface area contributed by atoms with Crippen LogP contribution in [0.5, 0.6) is 0 Å². The Bertz CT molecular complexity index is 495. The van der Waals surface area contributed by atoms with Crippen LogP contribution in [0.15, 0.2) is 42.5 Å². The lowest BCUT2D eigenvalue weighted by atomic mass is 9.88. The molecule has 2 N–H and O–H groups in total. The number of carbonyl (C=O) groups is 1. The summed E-state index contributed by atoms with van der Waals surface area (Å²) in [5, 5.41) is 18.9. The van der Waals surface area contributed by atoms with Gasteiger partial charge in [0.15, 0.2) is 0 Å². The van der Waals surface area contributed by atoms with Gasteiger partial charge in [-0.15, -0.1) is 0 Å². The average Bonchev–Trinajstić information content (AvgIpc) is 2.82. The van der Waals surface area contributed by atoms with E-state index in [0.29, 0.717) is 6.42 Å². The van der Waals surface area contributed by atoms with E-state index in [1.807, 2.05) is 30.3 Å². The Morgan fingerprint density at radius 1 is 1.09 bits per heavy atom. The lowest BCUT2D eigenvalue weighted by molar-refractivity contribution is -0.121. The highest BCUT2D eigenvalue weighted by Gasteiger charge is 2.39. The number of allylic oxidation sites excluding steroid dienone is 1. The minimum absolute atomic E-state index is 0.0554. The summed E-state index contributed by atoms with van der Waals surface area (Å²) in [5.74, 6) is 0.0251. The number of unbranched alkanes of at least 4 members (excludes halogenated alkanes) is 4. The molecule has 1 aliphatic rings. The zero-order valence-corrected chi connectivity index (χ0v) is 13.7. The van der Waals surface area contributed by atoms with Crippen molar-refractivity contribution in [2.45, 2.75) is 51.0 Å². The van der Waals surface area contributed by atoms with Gasteiger partial charge in [-0.1, -0.05) is 55.3 Å². The zero-order valence-electron chi connectivity index (χ0n) is 13.7. The van der Waals surface area contributed by atoms with Crippen LogP contribution in [0, 0.1) is 11.8 Å². The van der Waals surface area contributed by atoms with Gasteiger partial charge in [-0.2, -0.15) is 0 Å². The van der Waals surface area contributed by atoms with Crippen molar-refractivity contribution in [3.8, 4) is 0 Å². The van der Waals surface area contributed by atoms with Crippen LogP contribution < -0.4 is 0 Å². The van der Waals surface area contributed by atoms with Gasteiger partial charge in [0.25, 0.3) is 0 Å². The number of hydrogen-bond donors (Lipinski definition) is 2. The molecular weight excluding hydrogens is 288 g/mol. The van der Waals surface area contributed by atoms with E-state index in [4.69, 9.17) is 5.11 Å². The lowest BCUT2D eigenvalue weighted by Gasteiger charge is -2.17. The van der Waals surface area contributed by atoms with Gasteiger partial charge in [-0.25, -0.2) is 0 Å². The van der Waals surface area contributed by atoms with Crippen LogP contribution in [0.3, 0.4) is 0 Å². The third kappa shape index (κ3) is 5.60. The molecule has 0 heterocycles. The lowest BCUT2D eigenvalue weighted by Crippen LogP contribution is -2.20. The van der Waals surface area contributed by atoms with Crippen LogP contribution in [-0.2, 0) is 11.2 Å². The predicted molar refractivity (Wildman–Crippen MR) is 92.1 cm³/mol. The van der Waals surface area contributed by atoms with E-state index in [2.05, 4.69) is 12.2 Å². The molecular formula is C20H28O3. The second-order valence-electron chi connectivity index (χ2n) is 6.47. The van der Waals surface area contributed by atoms with E-state index in [1.54, 1.807) is 0 Å². The largest absolute Gasteiger partial charge is 0.396 e. The molecule has 0 radical (unpaired) electrons. The summed E-state index contributed by atoms with van der Waals surface area (Å²) in [6.07, 6.45) is 9.73. The molecule has 126 valence electrons. The molecule has 1 aromatic carbocycles. The SMILES string of the molecule is O=C1C[C@H](O)[C@H](/C=C/CCCCCCO)[C@H]1Cc1ccccc1. The summed E-state index contributed by atoms with van der Waals surface area (Å²) in [7, 11) is 0. The van der Waals surface area contributed by atoms with E-state index in [9.17, 15) is 9.90 Å². The topological polar surface area (TPSA) is 57.5 Å². The van der Waals surface area contributed by atoms with Crippen LogP contribution in [0.25, 0.3) is 0 Å². The number of carbonyl (C=O) groups excluding carboxylic acids is 1. The van der Waals surface area contributed by atoms with Crippen LogP contribution in [0.2, 0.25) is 0 Å². The summed E-state index contributed by atoms with van der Waals surface area (Å²) in [5.41, 5.74) is 1.15. The number of ketones is 1. The first-order valence-electron chi connectivity index (χ1n) is 8.74. The number of aliphatic hydroxyl groups excluding tert-OH is 2. The molecule has 2 rings (SSSR count). The van der Waals surface area contributed by atoms with Crippen molar-refractivity contribution >= 4 is 5.78 Å². The minimum atomic E-state index is -0.540. The van der Waals surface area contributed by atoms with E-state index in [-0.39, 0.29) is 30.6 Å². The second kappa shape index (κ2) is 9.64. The van der Waals surface area contributed by atoms with Gasteiger partial charge in [0, 0.05) is 24.9 Å². The fourth-order valence-electron chi connectivity index (χ4n) is 3.34. The van der Waals surface area contributed by atoms with Crippen molar-refractivity contribution in [1.82, 2.24) is 0 Å². The molecule has 3 nitrogen and oxygen atoms in total. The molecule has 0 aliphatic heterocycles. The average molecular weight is 316 g/mol. The first kappa shape index (κ1) is 17.9. The summed E-state index contributed by atoms with van der Waals surface area (Å²) in [6.45, 7) is 0.271. The Morgan fingerprint density at radius 2 is 1.83 bits per heavy atom. The fourth-order valence-corrected chi connectivity index (χ4v) is 3.34. The van der Waals surface area contributed by atoms with Gasteiger partial charge in [0.1, 0.15) is 5.78 Å². The Labute approximate surface area is 139 Å². The van der Waals surface area contributed by atoms with Crippen molar-refractivity contribution in [1.29, 1.82) is 0 Å². The summed E-state index contributed by atoms with van der Waals surface area (Å²) >= 11 is 0. The van der Waals surface area contributed by atoms with E-state index >= 15 is 0 Å². The normalized spacial score (nSPS) is 24.6. The molecule has 0 spiro atoms. The standard InChI is InChI=1S/C20H28O3/c21-13-9-4-2-1-3-8-12-17-18(20(23)15-19(17)22)14-16-10-6-5-7-11-16/h5-8,10-12,17-19,21-22H,1-4,9,13-15H2/b12-8+/t17-,18-,19+/m1/s1. The van der Waals surface area contributed by atoms with Crippen LogP contribution >= 0.6 is 0 Å². The van der Waals surface area contributed by atoms with Crippen molar-refractivity contribution in [3.05, 3.63) is 48.0 Å². The number of benzene rings is 1. The van der Waals surface area contributed by atoms with Crippen molar-refractivity contribution < 1.29 is 15.0 Å². The van der Waals surface area contributed by atoms with Crippen LogP contribution in [0.4, 0.5) is 0 Å². The summed E-state index contributed by atoms with van der Waals surface area (Å²) < 4.78 is 0. The van der Waals surface area contributed by atoms with E-state index in [1.165, 1.54) is 0 Å². The Hall–Kier alpha value is -1.45. The number of rotatable bonds is 9. The highest BCUT2D eigenvalue weighted by molar-refractivity contribution is 5.85. The smallest absolute Gasteiger partial charge is 0.139 e. The second-order valence-corrected chi connectivity index (χ2v) is 6.47. The van der Waals surface area contributed by atoms with Gasteiger partial charge < -0.3 is 10.2 Å². The van der Waals surface area contributed by atoms with Crippen molar-refractivity contribution in [3.63, 3.8) is 0 Å². The van der Waals surface area contributed by atoms with E-state index < -0.39 is 6.10 Å². The monoisotopic (exact) mass is 316 g/mol. The maximum Gasteiger partial charge on any atom is 0.139 e. The Balaban J connectivity index is 1.86. The molecule has 0 aromatic heterocycles. The molecule has 0 saturated heterocycles. The third-order valence-electron chi connectivity index (χ3n) is 4.67. The molecule has 23 heavy (non-hydrogen) atoms. The van der Waals surface area contributed by atoms with Crippen LogP contribution in [-0.4, -0.2) is 28.7 Å². The maximum absolute atomic E-state index is 12.2. The Morgan fingerprint density at radius 3 is 2.57 bits per heavy atom. The molecule has 0 unspecified atom stereocenters. The molecule has 1 aromatic rings. The molecule has 0 amide bonds. The van der Waals surface area contributed by atoms with Crippen LogP contribution in [0.1, 0.15) is 44.1 Å². The minimum Gasteiger partial charge on any atom is -0.396 e. The Kier molecular flexibility index (Phi) is 7.50. The van der Waals surface area contributed by atoms with Gasteiger partial charge in [-0.05, 0) is 31.2 Å². The molecule has 1 aliphatic carbocycles. The summed E-state index contributed by atoms with van der Waals surface area (Å²) in [4.78, 5) is 12.2. The number of Topliss-reactive ketones (excluding diaryl/α,β-unsaturated/α-hetero) is 1. The number of hydrogen-bond acceptors (Lipinski definition) is 3. The molecule has 3 atom stereocenters. The van der Waals surface area contributed by atoms with Gasteiger partial charge >= 0.3 is 0 Å². The summed E-state index contributed by atoms with van der Waals surface area (Å²) in [6, 6.07) is 10.0. The molecule has 1 saturated carbocycles. The third-order valence-corrected chi connectivity index (χ3v) is 4.67. The fraction of sp³-hybridized carbons (Fsp3) is 0.550. The molecule has 1 fully saturated rings. The van der Waals surface area contributed by atoms with Crippen molar-refractivity contribution in [2.75, 3.05) is 6.61 Å². The quantitative estimate of drug-likeness (QED) is 0.543. The highest BCUT2D eigenvalue weighted by Crippen LogP contribution is 2.33. The van der Waals surface area contributed by atoms with Gasteiger partial charge in [0.2, 0.25) is 0 Å². The number of aliphatic hydroxyl groups is 2. The van der Waals surface area contributed by atoms with Gasteiger partial charge in [0.05, 0.1) is 6.10 Å².